The first-order valence-corrected chi connectivity index (χ1v) is 8.99. The predicted molar refractivity (Wildman–Crippen MR) is 105 cm³/mol. The van der Waals surface area contributed by atoms with Crippen LogP contribution >= 0.6 is 11.7 Å². The van der Waals surface area contributed by atoms with Gasteiger partial charge in [-0.05, 0) is 17.7 Å². The Hall–Kier alpha value is -3.39. The van der Waals surface area contributed by atoms with Crippen LogP contribution in [-0.2, 0) is 6.54 Å². The van der Waals surface area contributed by atoms with Crippen molar-refractivity contribution in [1.82, 2.24) is 23.6 Å². The molecule has 2 aromatic carbocycles. The first kappa shape index (κ1) is 17.0. The number of nitrogens with zero attached hydrogens (tertiary/aromatic N) is 5. The van der Waals surface area contributed by atoms with Crippen molar-refractivity contribution >= 4 is 34.6 Å². The van der Waals surface area contributed by atoms with Gasteiger partial charge in [-0.3, -0.25) is 4.79 Å². The zero-order chi connectivity index (χ0) is 18.8. The topological polar surface area (TPSA) is 97.9 Å². The van der Waals surface area contributed by atoms with Gasteiger partial charge >= 0.3 is 0 Å². The van der Waals surface area contributed by atoms with Gasteiger partial charge in [0.05, 0.1) is 23.0 Å². The largest absolute Gasteiger partial charge is 0.368 e. The minimum absolute atomic E-state index is 0.134. The molecule has 4 aromatic rings. The molecule has 2 N–H and O–H groups in total. The van der Waals surface area contributed by atoms with Crippen LogP contribution in [0.2, 0.25) is 0 Å². The standard InChI is InChI=1S/C19H16N6OS/c1-25(11-12-7-8-15-16(9-12)24-27-23-15)18(26)14-10-21-19(20)22-17(14)13-5-3-2-4-6-13/h2-10H,11H2,1H3,(H2,20,21,22). The zero-order valence-electron chi connectivity index (χ0n) is 14.5. The highest BCUT2D eigenvalue weighted by atomic mass is 32.1. The molecule has 0 aliphatic rings. The second-order valence-electron chi connectivity index (χ2n) is 6.11. The van der Waals surface area contributed by atoms with Gasteiger partial charge < -0.3 is 10.6 Å². The molecule has 0 spiro atoms. The molecular weight excluding hydrogens is 360 g/mol. The highest BCUT2D eigenvalue weighted by Gasteiger charge is 2.19. The summed E-state index contributed by atoms with van der Waals surface area (Å²) < 4.78 is 8.44. The average molecular weight is 376 g/mol. The van der Waals surface area contributed by atoms with E-state index in [1.165, 1.54) is 17.9 Å². The molecule has 0 saturated heterocycles. The Labute approximate surface area is 159 Å². The molecule has 0 atom stereocenters. The Morgan fingerprint density at radius 1 is 1.11 bits per heavy atom. The Morgan fingerprint density at radius 3 is 2.70 bits per heavy atom. The fourth-order valence-electron chi connectivity index (χ4n) is 2.85. The number of rotatable bonds is 4. The van der Waals surface area contributed by atoms with Gasteiger partial charge in [0.2, 0.25) is 5.95 Å². The molecule has 0 fully saturated rings. The number of hydrogen-bond donors (Lipinski definition) is 1. The summed E-state index contributed by atoms with van der Waals surface area (Å²) in [4.78, 5) is 23.0. The van der Waals surface area contributed by atoms with Crippen LogP contribution in [0.3, 0.4) is 0 Å². The van der Waals surface area contributed by atoms with E-state index < -0.39 is 0 Å². The minimum atomic E-state index is -0.176. The lowest BCUT2D eigenvalue weighted by Gasteiger charge is -2.19. The number of anilines is 1. The van der Waals surface area contributed by atoms with E-state index in [4.69, 9.17) is 5.73 Å². The lowest BCUT2D eigenvalue weighted by atomic mass is 10.1. The fraction of sp³-hybridized carbons (Fsp3) is 0.105. The van der Waals surface area contributed by atoms with Crippen molar-refractivity contribution in [3.8, 4) is 11.3 Å². The number of nitrogens with two attached hydrogens (primary N) is 1. The van der Waals surface area contributed by atoms with Crippen LogP contribution in [0.15, 0.2) is 54.7 Å². The summed E-state index contributed by atoms with van der Waals surface area (Å²) in [6.07, 6.45) is 1.48. The van der Waals surface area contributed by atoms with Crippen molar-refractivity contribution in [1.29, 1.82) is 0 Å². The van der Waals surface area contributed by atoms with Gasteiger partial charge in [0.15, 0.2) is 0 Å². The van der Waals surface area contributed by atoms with Crippen LogP contribution in [0.4, 0.5) is 5.95 Å². The molecule has 27 heavy (non-hydrogen) atoms. The van der Waals surface area contributed by atoms with Gasteiger partial charge in [-0.25, -0.2) is 9.97 Å². The molecule has 0 aliphatic carbocycles. The molecule has 4 rings (SSSR count). The van der Waals surface area contributed by atoms with Crippen LogP contribution in [0.5, 0.6) is 0 Å². The second-order valence-corrected chi connectivity index (χ2v) is 6.63. The quantitative estimate of drug-likeness (QED) is 0.588. The maximum Gasteiger partial charge on any atom is 0.257 e. The molecule has 134 valence electrons. The van der Waals surface area contributed by atoms with Crippen molar-refractivity contribution in [2.75, 3.05) is 12.8 Å². The zero-order valence-corrected chi connectivity index (χ0v) is 15.3. The van der Waals surface area contributed by atoms with Crippen molar-refractivity contribution in [3.63, 3.8) is 0 Å². The summed E-state index contributed by atoms with van der Waals surface area (Å²) in [6.45, 7) is 0.435. The minimum Gasteiger partial charge on any atom is -0.368 e. The van der Waals surface area contributed by atoms with E-state index in [9.17, 15) is 4.79 Å². The molecule has 2 heterocycles. The molecule has 0 unspecified atom stereocenters. The van der Waals surface area contributed by atoms with Crippen molar-refractivity contribution in [3.05, 3.63) is 65.9 Å². The summed E-state index contributed by atoms with van der Waals surface area (Å²) in [5, 5.41) is 0. The average Bonchev–Trinajstić information content (AvgIpc) is 3.16. The van der Waals surface area contributed by atoms with E-state index in [0.29, 0.717) is 17.8 Å². The Kier molecular flexibility index (Phi) is 4.47. The summed E-state index contributed by atoms with van der Waals surface area (Å²) >= 11 is 1.18. The Bertz CT molecular complexity index is 1110. The highest BCUT2D eigenvalue weighted by molar-refractivity contribution is 7.00. The van der Waals surface area contributed by atoms with Crippen LogP contribution in [0, 0.1) is 0 Å². The maximum absolute atomic E-state index is 13.0. The lowest BCUT2D eigenvalue weighted by Crippen LogP contribution is -2.27. The smallest absolute Gasteiger partial charge is 0.257 e. The van der Waals surface area contributed by atoms with Crippen molar-refractivity contribution in [2.24, 2.45) is 0 Å². The van der Waals surface area contributed by atoms with Crippen molar-refractivity contribution < 1.29 is 4.79 Å². The number of benzene rings is 2. The van der Waals surface area contributed by atoms with Gasteiger partial charge in [-0.1, -0.05) is 36.4 Å². The third-order valence-electron chi connectivity index (χ3n) is 4.17. The van der Waals surface area contributed by atoms with Crippen molar-refractivity contribution in [2.45, 2.75) is 6.54 Å². The Balaban J connectivity index is 1.63. The fourth-order valence-corrected chi connectivity index (χ4v) is 3.36. The van der Waals surface area contributed by atoms with Gasteiger partial charge in [0, 0.05) is 25.4 Å². The number of hydrogen-bond acceptors (Lipinski definition) is 7. The molecular formula is C19H16N6OS. The molecule has 0 saturated carbocycles. The molecule has 7 nitrogen and oxygen atoms in total. The maximum atomic E-state index is 13.0. The van der Waals surface area contributed by atoms with E-state index in [2.05, 4.69) is 18.7 Å². The number of fused-ring (bicyclic) bond motifs is 1. The van der Waals surface area contributed by atoms with E-state index >= 15 is 0 Å². The van der Waals surface area contributed by atoms with E-state index in [1.54, 1.807) is 11.9 Å². The summed E-state index contributed by atoms with van der Waals surface area (Å²) in [5.74, 6) is -0.0418. The first-order valence-electron chi connectivity index (χ1n) is 8.26. The predicted octanol–water partition coefficient (Wildman–Crippen LogP) is 3.00. The lowest BCUT2D eigenvalue weighted by molar-refractivity contribution is 0.0785. The van der Waals surface area contributed by atoms with E-state index in [0.717, 1.165) is 22.2 Å². The molecule has 2 aromatic heterocycles. The SMILES string of the molecule is CN(Cc1ccc2nsnc2c1)C(=O)c1cnc(N)nc1-c1ccccc1. The second kappa shape index (κ2) is 7.08. The number of carbonyl (C=O) groups is 1. The van der Waals surface area contributed by atoms with Crippen LogP contribution < -0.4 is 5.73 Å². The number of amides is 1. The van der Waals surface area contributed by atoms with Gasteiger partial charge in [-0.2, -0.15) is 8.75 Å². The van der Waals surface area contributed by atoms with Crippen LogP contribution in [-0.4, -0.2) is 36.6 Å². The third-order valence-corrected chi connectivity index (χ3v) is 4.73. The van der Waals surface area contributed by atoms with E-state index in [1.807, 2.05) is 48.5 Å². The molecule has 0 radical (unpaired) electrons. The summed E-state index contributed by atoms with van der Waals surface area (Å²) in [7, 11) is 1.75. The number of carbonyl (C=O) groups excluding carboxylic acids is 1. The van der Waals surface area contributed by atoms with Gasteiger partial charge in [0.25, 0.3) is 5.91 Å². The van der Waals surface area contributed by atoms with E-state index in [-0.39, 0.29) is 11.9 Å². The third kappa shape index (κ3) is 3.47. The summed E-state index contributed by atoms with van der Waals surface area (Å²) in [6, 6.07) is 15.3. The van der Waals surface area contributed by atoms with Gasteiger partial charge in [0.1, 0.15) is 11.0 Å². The molecule has 0 bridgehead atoms. The number of nitrogen functional groups attached to an aromatic ring is 1. The highest BCUT2D eigenvalue weighted by Crippen LogP contribution is 2.23. The van der Waals surface area contributed by atoms with Gasteiger partial charge in [-0.15, -0.1) is 0 Å². The van der Waals surface area contributed by atoms with Crippen LogP contribution in [0.1, 0.15) is 15.9 Å². The van der Waals surface area contributed by atoms with Crippen LogP contribution in [0.25, 0.3) is 22.3 Å². The molecule has 8 heteroatoms. The Morgan fingerprint density at radius 2 is 1.89 bits per heavy atom. The molecule has 1 amide bonds. The normalized spacial score (nSPS) is 10.9. The summed E-state index contributed by atoms with van der Waals surface area (Å²) in [5.41, 5.74) is 10.2. The molecule has 0 aliphatic heterocycles. The first-order chi connectivity index (χ1) is 13.1. The number of aromatic nitrogens is 4. The monoisotopic (exact) mass is 376 g/mol.